The van der Waals surface area contributed by atoms with Crippen molar-refractivity contribution in [2.24, 2.45) is 0 Å². The van der Waals surface area contributed by atoms with Crippen molar-refractivity contribution < 1.29 is 4.74 Å². The maximum atomic E-state index is 5.74. The van der Waals surface area contributed by atoms with Crippen molar-refractivity contribution in [2.75, 3.05) is 6.54 Å². The van der Waals surface area contributed by atoms with Gasteiger partial charge in [0.2, 0.25) is 5.88 Å². The van der Waals surface area contributed by atoms with Gasteiger partial charge in [-0.1, -0.05) is 19.1 Å². The lowest BCUT2D eigenvalue weighted by molar-refractivity contribution is 0.461. The number of rotatable bonds is 5. The number of nitrogens with one attached hydrogen (secondary N) is 1. The number of benzene rings is 1. The standard InChI is InChI=1S/C15H18N2O/c1-3-16-11-13-7-8-17-15(10-13)18-14-6-4-5-12(2)9-14/h4-10,16H,3,11H2,1-2H3. The SMILES string of the molecule is CCNCc1ccnc(Oc2cccc(C)c2)c1. The summed E-state index contributed by atoms with van der Waals surface area (Å²) < 4.78 is 5.74. The second-order valence-electron chi connectivity index (χ2n) is 4.20. The minimum absolute atomic E-state index is 0.635. The summed E-state index contributed by atoms with van der Waals surface area (Å²) in [6, 6.07) is 11.9. The molecular weight excluding hydrogens is 224 g/mol. The lowest BCUT2D eigenvalue weighted by atomic mass is 10.2. The zero-order valence-corrected chi connectivity index (χ0v) is 10.8. The second-order valence-corrected chi connectivity index (χ2v) is 4.20. The van der Waals surface area contributed by atoms with Crippen molar-refractivity contribution in [3.63, 3.8) is 0 Å². The maximum absolute atomic E-state index is 5.74. The van der Waals surface area contributed by atoms with E-state index < -0.39 is 0 Å². The third kappa shape index (κ3) is 3.57. The molecule has 0 saturated heterocycles. The summed E-state index contributed by atoms with van der Waals surface area (Å²) in [5.41, 5.74) is 2.35. The molecule has 0 aliphatic carbocycles. The summed E-state index contributed by atoms with van der Waals surface area (Å²) in [4.78, 5) is 4.22. The molecule has 0 saturated carbocycles. The van der Waals surface area contributed by atoms with E-state index in [2.05, 4.69) is 17.2 Å². The van der Waals surface area contributed by atoms with Crippen LogP contribution in [0.5, 0.6) is 11.6 Å². The molecule has 0 radical (unpaired) electrons. The van der Waals surface area contributed by atoms with E-state index in [1.807, 2.05) is 43.3 Å². The molecule has 0 bridgehead atoms. The second kappa shape index (κ2) is 6.17. The molecule has 0 spiro atoms. The van der Waals surface area contributed by atoms with Crippen molar-refractivity contribution in [1.82, 2.24) is 10.3 Å². The average Bonchev–Trinajstić information content (AvgIpc) is 2.37. The Balaban J connectivity index is 2.09. The van der Waals surface area contributed by atoms with E-state index in [0.29, 0.717) is 5.88 Å². The Bertz CT molecular complexity index is 511. The van der Waals surface area contributed by atoms with Crippen molar-refractivity contribution in [2.45, 2.75) is 20.4 Å². The molecule has 0 aliphatic heterocycles. The van der Waals surface area contributed by atoms with Crippen LogP contribution >= 0.6 is 0 Å². The molecular formula is C15H18N2O. The van der Waals surface area contributed by atoms with Gasteiger partial charge in [-0.2, -0.15) is 0 Å². The zero-order chi connectivity index (χ0) is 12.8. The lowest BCUT2D eigenvalue weighted by Gasteiger charge is -2.07. The quantitative estimate of drug-likeness (QED) is 0.873. The lowest BCUT2D eigenvalue weighted by Crippen LogP contribution is -2.11. The highest BCUT2D eigenvalue weighted by molar-refractivity contribution is 5.31. The molecule has 0 atom stereocenters. The van der Waals surface area contributed by atoms with E-state index >= 15 is 0 Å². The summed E-state index contributed by atoms with van der Waals surface area (Å²) in [5, 5.41) is 3.28. The number of hydrogen-bond acceptors (Lipinski definition) is 3. The normalized spacial score (nSPS) is 10.3. The summed E-state index contributed by atoms with van der Waals surface area (Å²) in [7, 11) is 0. The first-order valence-electron chi connectivity index (χ1n) is 6.18. The molecule has 18 heavy (non-hydrogen) atoms. The molecule has 94 valence electrons. The Labute approximate surface area is 108 Å². The molecule has 3 nitrogen and oxygen atoms in total. The molecule has 0 amide bonds. The minimum atomic E-state index is 0.635. The zero-order valence-electron chi connectivity index (χ0n) is 10.8. The first-order chi connectivity index (χ1) is 8.78. The van der Waals surface area contributed by atoms with Crippen LogP contribution < -0.4 is 10.1 Å². The van der Waals surface area contributed by atoms with Gasteiger partial charge in [0.15, 0.2) is 0 Å². The van der Waals surface area contributed by atoms with E-state index in [1.165, 1.54) is 11.1 Å². The van der Waals surface area contributed by atoms with E-state index in [9.17, 15) is 0 Å². The smallest absolute Gasteiger partial charge is 0.219 e. The average molecular weight is 242 g/mol. The van der Waals surface area contributed by atoms with Crippen molar-refractivity contribution in [3.05, 3.63) is 53.7 Å². The van der Waals surface area contributed by atoms with Crippen LogP contribution in [-0.4, -0.2) is 11.5 Å². The van der Waals surface area contributed by atoms with Crippen LogP contribution in [0.2, 0.25) is 0 Å². The van der Waals surface area contributed by atoms with Gasteiger partial charge in [0.1, 0.15) is 5.75 Å². The molecule has 2 aromatic rings. The van der Waals surface area contributed by atoms with Crippen LogP contribution in [0.3, 0.4) is 0 Å². The highest BCUT2D eigenvalue weighted by atomic mass is 16.5. The van der Waals surface area contributed by atoms with Crippen LogP contribution in [0, 0.1) is 6.92 Å². The molecule has 0 unspecified atom stereocenters. The van der Waals surface area contributed by atoms with Crippen molar-refractivity contribution in [3.8, 4) is 11.6 Å². The minimum Gasteiger partial charge on any atom is -0.439 e. The van der Waals surface area contributed by atoms with E-state index in [0.717, 1.165) is 18.8 Å². The topological polar surface area (TPSA) is 34.2 Å². The number of aromatic nitrogens is 1. The van der Waals surface area contributed by atoms with Gasteiger partial charge < -0.3 is 10.1 Å². The van der Waals surface area contributed by atoms with E-state index in [1.54, 1.807) is 6.20 Å². The molecule has 1 aromatic carbocycles. The molecule has 2 rings (SSSR count). The fraction of sp³-hybridized carbons (Fsp3) is 0.267. The summed E-state index contributed by atoms with van der Waals surface area (Å²) in [5.74, 6) is 1.46. The van der Waals surface area contributed by atoms with Crippen LogP contribution in [0.1, 0.15) is 18.1 Å². The van der Waals surface area contributed by atoms with Crippen molar-refractivity contribution >= 4 is 0 Å². The van der Waals surface area contributed by atoms with Crippen LogP contribution in [0.4, 0.5) is 0 Å². The Kier molecular flexibility index (Phi) is 4.31. The fourth-order valence-electron chi connectivity index (χ4n) is 1.69. The van der Waals surface area contributed by atoms with Gasteiger partial charge in [0.25, 0.3) is 0 Å². The number of aryl methyl sites for hydroxylation is 1. The fourth-order valence-corrected chi connectivity index (χ4v) is 1.69. The molecule has 0 aliphatic rings. The predicted octanol–water partition coefficient (Wildman–Crippen LogP) is 3.29. The first-order valence-corrected chi connectivity index (χ1v) is 6.18. The third-order valence-electron chi connectivity index (χ3n) is 2.59. The van der Waals surface area contributed by atoms with Crippen LogP contribution in [0.25, 0.3) is 0 Å². The van der Waals surface area contributed by atoms with Gasteiger partial charge in [-0.15, -0.1) is 0 Å². The number of hydrogen-bond donors (Lipinski definition) is 1. The summed E-state index contributed by atoms with van der Waals surface area (Å²) >= 11 is 0. The monoisotopic (exact) mass is 242 g/mol. The molecule has 3 heteroatoms. The third-order valence-corrected chi connectivity index (χ3v) is 2.59. The van der Waals surface area contributed by atoms with Gasteiger partial charge in [-0.25, -0.2) is 4.98 Å². The van der Waals surface area contributed by atoms with Gasteiger partial charge >= 0.3 is 0 Å². The highest BCUT2D eigenvalue weighted by Gasteiger charge is 2.00. The Morgan fingerprint density at radius 2 is 2.11 bits per heavy atom. The number of ether oxygens (including phenoxy) is 1. The molecule has 0 fully saturated rings. The van der Waals surface area contributed by atoms with Gasteiger partial charge in [-0.3, -0.25) is 0 Å². The van der Waals surface area contributed by atoms with E-state index in [-0.39, 0.29) is 0 Å². The molecule has 1 heterocycles. The maximum Gasteiger partial charge on any atom is 0.219 e. The Hall–Kier alpha value is -1.87. The number of nitrogens with zero attached hydrogens (tertiary/aromatic N) is 1. The van der Waals surface area contributed by atoms with Crippen LogP contribution in [0.15, 0.2) is 42.6 Å². The summed E-state index contributed by atoms with van der Waals surface area (Å²) in [6.45, 7) is 5.92. The van der Waals surface area contributed by atoms with Gasteiger partial charge in [0, 0.05) is 18.8 Å². The number of pyridine rings is 1. The Morgan fingerprint density at radius 1 is 1.22 bits per heavy atom. The summed E-state index contributed by atoms with van der Waals surface area (Å²) in [6.07, 6.45) is 1.78. The molecule has 1 N–H and O–H groups in total. The predicted molar refractivity (Wildman–Crippen MR) is 72.9 cm³/mol. The van der Waals surface area contributed by atoms with Gasteiger partial charge in [0.05, 0.1) is 0 Å². The largest absolute Gasteiger partial charge is 0.439 e. The first kappa shape index (κ1) is 12.6. The molecule has 1 aromatic heterocycles. The van der Waals surface area contributed by atoms with Gasteiger partial charge in [-0.05, 0) is 42.8 Å². The highest BCUT2D eigenvalue weighted by Crippen LogP contribution is 2.20. The van der Waals surface area contributed by atoms with Crippen LogP contribution in [-0.2, 0) is 6.54 Å². The van der Waals surface area contributed by atoms with Crippen molar-refractivity contribution in [1.29, 1.82) is 0 Å². The Morgan fingerprint density at radius 3 is 2.89 bits per heavy atom. The van der Waals surface area contributed by atoms with E-state index in [4.69, 9.17) is 4.74 Å².